The quantitative estimate of drug-likeness (QED) is 0.775. The lowest BCUT2D eigenvalue weighted by molar-refractivity contribution is -0.148. The smallest absolute Gasteiger partial charge is 0.337 e. The van der Waals surface area contributed by atoms with Gasteiger partial charge in [0.1, 0.15) is 5.75 Å². The molecule has 0 bridgehead atoms. The molecule has 0 fully saturated rings. The van der Waals surface area contributed by atoms with Crippen molar-refractivity contribution in [3.05, 3.63) is 24.0 Å². The van der Waals surface area contributed by atoms with Crippen molar-refractivity contribution in [2.24, 2.45) is 0 Å². The van der Waals surface area contributed by atoms with Gasteiger partial charge in [-0.15, -0.1) is 0 Å². The standard InChI is InChI=1S/C9H11NO4/c1-13-7-3-6(4-10-5-7)8(14-2)9(11)12/h3-5,8H,1-2H3,(H,11,12)/t8-/m0/s1. The summed E-state index contributed by atoms with van der Waals surface area (Å²) in [6.45, 7) is 0. The molecule has 14 heavy (non-hydrogen) atoms. The zero-order valence-corrected chi connectivity index (χ0v) is 7.93. The van der Waals surface area contributed by atoms with E-state index < -0.39 is 12.1 Å². The number of carboxylic acid groups (broad SMARTS) is 1. The van der Waals surface area contributed by atoms with E-state index in [1.807, 2.05) is 0 Å². The number of carbonyl (C=O) groups is 1. The summed E-state index contributed by atoms with van der Waals surface area (Å²) in [5.41, 5.74) is 0.458. The minimum atomic E-state index is -1.05. The maximum Gasteiger partial charge on any atom is 0.337 e. The van der Waals surface area contributed by atoms with Crippen LogP contribution in [0.25, 0.3) is 0 Å². The third-order valence-electron chi connectivity index (χ3n) is 1.73. The molecule has 0 aliphatic rings. The van der Waals surface area contributed by atoms with E-state index in [4.69, 9.17) is 14.6 Å². The molecule has 1 atom stereocenters. The summed E-state index contributed by atoms with van der Waals surface area (Å²) in [4.78, 5) is 14.6. The third kappa shape index (κ3) is 2.20. The lowest BCUT2D eigenvalue weighted by Gasteiger charge is -2.10. The van der Waals surface area contributed by atoms with E-state index in [9.17, 15) is 4.79 Å². The van der Waals surface area contributed by atoms with Gasteiger partial charge in [-0.05, 0) is 6.07 Å². The van der Waals surface area contributed by atoms with Crippen molar-refractivity contribution in [1.82, 2.24) is 4.98 Å². The molecule has 0 saturated heterocycles. The highest BCUT2D eigenvalue weighted by molar-refractivity contribution is 5.74. The summed E-state index contributed by atoms with van der Waals surface area (Å²) >= 11 is 0. The van der Waals surface area contributed by atoms with Crippen LogP contribution in [-0.2, 0) is 9.53 Å². The maximum absolute atomic E-state index is 10.7. The van der Waals surface area contributed by atoms with Gasteiger partial charge in [-0.2, -0.15) is 0 Å². The highest BCUT2D eigenvalue weighted by Gasteiger charge is 2.19. The molecule has 1 N–H and O–H groups in total. The average molecular weight is 197 g/mol. The molecule has 5 heteroatoms. The number of hydrogen-bond acceptors (Lipinski definition) is 4. The van der Waals surface area contributed by atoms with Gasteiger partial charge in [-0.3, -0.25) is 4.98 Å². The van der Waals surface area contributed by atoms with Crippen LogP contribution in [0, 0.1) is 0 Å². The number of pyridine rings is 1. The summed E-state index contributed by atoms with van der Waals surface area (Å²) in [5, 5.41) is 8.80. The molecule has 0 aliphatic carbocycles. The Kier molecular flexibility index (Phi) is 3.41. The van der Waals surface area contributed by atoms with Gasteiger partial charge in [0.25, 0.3) is 0 Å². The lowest BCUT2D eigenvalue weighted by atomic mass is 10.1. The van der Waals surface area contributed by atoms with Crippen molar-refractivity contribution in [3.8, 4) is 5.75 Å². The van der Waals surface area contributed by atoms with Crippen molar-refractivity contribution in [2.75, 3.05) is 14.2 Å². The van der Waals surface area contributed by atoms with Crippen LogP contribution in [0.3, 0.4) is 0 Å². The van der Waals surface area contributed by atoms with Crippen molar-refractivity contribution in [1.29, 1.82) is 0 Å². The highest BCUT2D eigenvalue weighted by Crippen LogP contribution is 2.19. The molecule has 0 saturated carbocycles. The number of aromatic nitrogens is 1. The zero-order chi connectivity index (χ0) is 10.6. The Bertz CT molecular complexity index is 326. The summed E-state index contributed by atoms with van der Waals surface area (Å²) in [5.74, 6) is -0.548. The largest absolute Gasteiger partial charge is 0.495 e. The van der Waals surface area contributed by atoms with E-state index in [0.29, 0.717) is 11.3 Å². The van der Waals surface area contributed by atoms with E-state index in [2.05, 4.69) is 4.98 Å². The van der Waals surface area contributed by atoms with Crippen LogP contribution in [0.5, 0.6) is 5.75 Å². The highest BCUT2D eigenvalue weighted by atomic mass is 16.5. The van der Waals surface area contributed by atoms with Gasteiger partial charge < -0.3 is 14.6 Å². The van der Waals surface area contributed by atoms with Crippen molar-refractivity contribution < 1.29 is 19.4 Å². The number of methoxy groups -OCH3 is 2. The van der Waals surface area contributed by atoms with Gasteiger partial charge in [0, 0.05) is 18.9 Å². The van der Waals surface area contributed by atoms with Crippen LogP contribution in [-0.4, -0.2) is 30.3 Å². The second kappa shape index (κ2) is 4.57. The Balaban J connectivity index is 2.98. The zero-order valence-electron chi connectivity index (χ0n) is 7.93. The molecule has 1 heterocycles. The van der Waals surface area contributed by atoms with E-state index in [1.54, 1.807) is 6.07 Å². The molecule has 0 radical (unpaired) electrons. The number of ether oxygens (including phenoxy) is 2. The minimum absolute atomic E-state index is 0.458. The summed E-state index contributed by atoms with van der Waals surface area (Å²) in [6, 6.07) is 1.58. The molecule has 5 nitrogen and oxygen atoms in total. The first-order chi connectivity index (χ1) is 6.69. The second-order valence-corrected chi connectivity index (χ2v) is 2.61. The number of rotatable bonds is 4. The number of nitrogens with zero attached hydrogens (tertiary/aromatic N) is 1. The predicted octanol–water partition coefficient (Wildman–Crippen LogP) is 0.862. The fourth-order valence-electron chi connectivity index (χ4n) is 1.07. The monoisotopic (exact) mass is 197 g/mol. The third-order valence-corrected chi connectivity index (χ3v) is 1.73. The molecular formula is C9H11NO4. The Labute approximate surface area is 81.3 Å². The van der Waals surface area contributed by atoms with E-state index >= 15 is 0 Å². The topological polar surface area (TPSA) is 68.7 Å². The summed E-state index contributed by atoms with van der Waals surface area (Å²) in [6.07, 6.45) is 1.93. The van der Waals surface area contributed by atoms with Crippen LogP contribution in [0.15, 0.2) is 18.5 Å². The number of hydrogen-bond donors (Lipinski definition) is 1. The Morgan fingerprint density at radius 2 is 2.21 bits per heavy atom. The fraction of sp³-hybridized carbons (Fsp3) is 0.333. The molecule has 1 aromatic heterocycles. The molecule has 1 rings (SSSR count). The molecule has 76 valence electrons. The van der Waals surface area contributed by atoms with Crippen molar-refractivity contribution in [2.45, 2.75) is 6.10 Å². The van der Waals surface area contributed by atoms with E-state index in [0.717, 1.165) is 0 Å². The van der Waals surface area contributed by atoms with Gasteiger partial charge in [-0.1, -0.05) is 0 Å². The van der Waals surface area contributed by atoms with Gasteiger partial charge in [0.05, 0.1) is 13.3 Å². The molecule has 1 aromatic rings. The van der Waals surface area contributed by atoms with Gasteiger partial charge in [0.2, 0.25) is 0 Å². The molecule has 0 aliphatic heterocycles. The van der Waals surface area contributed by atoms with Crippen molar-refractivity contribution in [3.63, 3.8) is 0 Å². The van der Waals surface area contributed by atoms with Gasteiger partial charge in [-0.25, -0.2) is 4.79 Å². The van der Waals surface area contributed by atoms with E-state index in [-0.39, 0.29) is 0 Å². The summed E-state index contributed by atoms with van der Waals surface area (Å²) in [7, 11) is 2.82. The Morgan fingerprint density at radius 3 is 2.71 bits per heavy atom. The van der Waals surface area contributed by atoms with Gasteiger partial charge in [0.15, 0.2) is 6.10 Å². The van der Waals surface area contributed by atoms with Crippen LogP contribution in [0.4, 0.5) is 0 Å². The van der Waals surface area contributed by atoms with Crippen LogP contribution in [0.1, 0.15) is 11.7 Å². The molecule has 0 amide bonds. The molecular weight excluding hydrogens is 186 g/mol. The SMILES string of the molecule is COc1cncc([C@H](OC)C(=O)O)c1. The van der Waals surface area contributed by atoms with Crippen LogP contribution in [0.2, 0.25) is 0 Å². The Morgan fingerprint density at radius 1 is 1.50 bits per heavy atom. The second-order valence-electron chi connectivity index (χ2n) is 2.61. The average Bonchev–Trinajstić information content (AvgIpc) is 2.19. The van der Waals surface area contributed by atoms with Crippen molar-refractivity contribution >= 4 is 5.97 Å². The van der Waals surface area contributed by atoms with Crippen LogP contribution < -0.4 is 4.74 Å². The first-order valence-electron chi connectivity index (χ1n) is 3.93. The first kappa shape index (κ1) is 10.5. The maximum atomic E-state index is 10.7. The molecule has 0 unspecified atom stereocenters. The number of carboxylic acids is 1. The lowest BCUT2D eigenvalue weighted by Crippen LogP contribution is -2.13. The normalized spacial score (nSPS) is 12.1. The first-order valence-corrected chi connectivity index (χ1v) is 3.93. The molecule has 0 aromatic carbocycles. The fourth-order valence-corrected chi connectivity index (χ4v) is 1.07. The predicted molar refractivity (Wildman–Crippen MR) is 48.2 cm³/mol. The van der Waals surface area contributed by atoms with Gasteiger partial charge >= 0.3 is 5.97 Å². The Hall–Kier alpha value is -1.62. The minimum Gasteiger partial charge on any atom is -0.495 e. The van der Waals surface area contributed by atoms with E-state index in [1.165, 1.54) is 26.6 Å². The number of aliphatic carboxylic acids is 1. The van der Waals surface area contributed by atoms with Crippen LogP contribution >= 0.6 is 0 Å². The molecule has 0 spiro atoms. The summed E-state index contributed by atoms with van der Waals surface area (Å²) < 4.78 is 9.72.